The Hall–Kier alpha value is -0.860. The first-order valence-electron chi connectivity index (χ1n) is 7.93. The third-order valence-electron chi connectivity index (χ3n) is 5.17. The number of hydrogen-bond donors (Lipinski definition) is 1. The van der Waals surface area contributed by atoms with Crippen LogP contribution in [0.5, 0.6) is 0 Å². The number of likely N-dealkylation sites (tertiary alicyclic amines) is 1. The van der Waals surface area contributed by atoms with Gasteiger partial charge >= 0.3 is 0 Å². The highest BCUT2D eigenvalue weighted by Gasteiger charge is 2.32. The average Bonchev–Trinajstić information content (AvgIpc) is 3.18. The number of rotatable bonds is 3. The lowest BCUT2D eigenvalue weighted by molar-refractivity contribution is 0.156. The fourth-order valence-electron chi connectivity index (χ4n) is 3.84. The largest absolute Gasteiger partial charge is 0.314 e. The zero-order chi connectivity index (χ0) is 12.7. The second-order valence-electron chi connectivity index (χ2n) is 6.65. The summed E-state index contributed by atoms with van der Waals surface area (Å²) in [5.74, 6) is 1.79. The first kappa shape index (κ1) is 11.9. The Morgan fingerprint density at radius 3 is 2.68 bits per heavy atom. The van der Waals surface area contributed by atoms with Crippen LogP contribution >= 0.6 is 0 Å². The van der Waals surface area contributed by atoms with Gasteiger partial charge in [0.2, 0.25) is 0 Å². The minimum Gasteiger partial charge on any atom is -0.314 e. The Labute approximate surface area is 116 Å². The molecule has 1 N–H and O–H groups in total. The molecule has 0 spiro atoms. The molecule has 0 radical (unpaired) electrons. The van der Waals surface area contributed by atoms with E-state index in [9.17, 15) is 0 Å². The molecule has 3 fully saturated rings. The Morgan fingerprint density at radius 1 is 1.05 bits per heavy atom. The van der Waals surface area contributed by atoms with Crippen molar-refractivity contribution in [2.45, 2.75) is 44.2 Å². The molecule has 2 nitrogen and oxygen atoms in total. The van der Waals surface area contributed by atoms with Gasteiger partial charge in [0, 0.05) is 19.1 Å². The Kier molecular flexibility index (Phi) is 3.08. The monoisotopic (exact) mass is 256 g/mol. The molecule has 3 aliphatic rings. The topological polar surface area (TPSA) is 15.3 Å². The van der Waals surface area contributed by atoms with Crippen LogP contribution < -0.4 is 5.32 Å². The van der Waals surface area contributed by atoms with Gasteiger partial charge in [0.15, 0.2) is 0 Å². The molecule has 2 unspecified atom stereocenters. The molecule has 102 valence electrons. The minimum atomic E-state index is 0.813. The summed E-state index contributed by atoms with van der Waals surface area (Å²) in [5, 5.41) is 3.64. The van der Waals surface area contributed by atoms with Gasteiger partial charge in [-0.3, -0.25) is 4.90 Å². The van der Waals surface area contributed by atoms with E-state index in [-0.39, 0.29) is 0 Å². The fraction of sp³-hybridized carbons (Fsp3) is 0.647. The van der Waals surface area contributed by atoms with Crippen molar-refractivity contribution < 1.29 is 0 Å². The SMILES string of the molecule is c1cc(C2CC2)ccc1CN1CCC2NCCC2C1. The number of benzene rings is 1. The van der Waals surface area contributed by atoms with Gasteiger partial charge in [0.05, 0.1) is 0 Å². The number of nitrogens with one attached hydrogen (secondary N) is 1. The third kappa shape index (κ3) is 2.56. The number of fused-ring (bicyclic) bond motifs is 1. The van der Waals surface area contributed by atoms with Crippen molar-refractivity contribution >= 4 is 0 Å². The van der Waals surface area contributed by atoms with Crippen LogP contribution in [0, 0.1) is 5.92 Å². The summed E-state index contributed by atoms with van der Waals surface area (Å²) in [4.78, 5) is 2.65. The summed E-state index contributed by atoms with van der Waals surface area (Å²) >= 11 is 0. The maximum atomic E-state index is 3.64. The molecule has 2 saturated heterocycles. The maximum Gasteiger partial charge on any atom is 0.0233 e. The van der Waals surface area contributed by atoms with E-state index in [2.05, 4.69) is 34.5 Å². The molecular weight excluding hydrogens is 232 g/mol. The molecule has 0 bridgehead atoms. The molecule has 2 atom stereocenters. The van der Waals surface area contributed by atoms with Gasteiger partial charge in [-0.1, -0.05) is 24.3 Å². The molecule has 1 saturated carbocycles. The Balaban J connectivity index is 1.37. The molecule has 2 heterocycles. The molecule has 2 aliphatic heterocycles. The van der Waals surface area contributed by atoms with Crippen LogP contribution in [0.15, 0.2) is 24.3 Å². The highest BCUT2D eigenvalue weighted by molar-refractivity contribution is 5.28. The normalized spacial score (nSPS) is 31.4. The lowest BCUT2D eigenvalue weighted by Gasteiger charge is -2.34. The van der Waals surface area contributed by atoms with Crippen molar-refractivity contribution in [2.75, 3.05) is 19.6 Å². The minimum absolute atomic E-state index is 0.813. The van der Waals surface area contributed by atoms with Gasteiger partial charge in [0.1, 0.15) is 0 Å². The van der Waals surface area contributed by atoms with Crippen LogP contribution in [-0.2, 0) is 6.54 Å². The van der Waals surface area contributed by atoms with Gasteiger partial charge in [-0.25, -0.2) is 0 Å². The van der Waals surface area contributed by atoms with Gasteiger partial charge < -0.3 is 5.32 Å². The molecule has 4 rings (SSSR count). The highest BCUT2D eigenvalue weighted by Crippen LogP contribution is 2.40. The van der Waals surface area contributed by atoms with Crippen molar-refractivity contribution in [1.82, 2.24) is 10.2 Å². The van der Waals surface area contributed by atoms with E-state index >= 15 is 0 Å². The van der Waals surface area contributed by atoms with Crippen molar-refractivity contribution in [1.29, 1.82) is 0 Å². The summed E-state index contributed by atoms with van der Waals surface area (Å²) in [6, 6.07) is 10.2. The first-order valence-corrected chi connectivity index (χ1v) is 7.93. The lowest BCUT2D eigenvalue weighted by Crippen LogP contribution is -2.43. The van der Waals surface area contributed by atoms with E-state index < -0.39 is 0 Å². The van der Waals surface area contributed by atoms with Crippen LogP contribution in [0.3, 0.4) is 0 Å². The van der Waals surface area contributed by atoms with E-state index in [0.29, 0.717) is 0 Å². The molecule has 0 aromatic heterocycles. The molecule has 0 amide bonds. The third-order valence-corrected chi connectivity index (χ3v) is 5.17. The zero-order valence-corrected chi connectivity index (χ0v) is 11.6. The van der Waals surface area contributed by atoms with Crippen LogP contribution in [-0.4, -0.2) is 30.6 Å². The fourth-order valence-corrected chi connectivity index (χ4v) is 3.84. The van der Waals surface area contributed by atoms with Crippen LogP contribution in [0.2, 0.25) is 0 Å². The summed E-state index contributed by atoms with van der Waals surface area (Å²) < 4.78 is 0. The summed E-state index contributed by atoms with van der Waals surface area (Å²) in [5.41, 5.74) is 3.05. The summed E-state index contributed by atoms with van der Waals surface area (Å²) in [7, 11) is 0. The van der Waals surface area contributed by atoms with Gasteiger partial charge in [0.25, 0.3) is 0 Å². The van der Waals surface area contributed by atoms with Crippen LogP contribution in [0.1, 0.15) is 42.7 Å². The number of hydrogen-bond acceptors (Lipinski definition) is 2. The zero-order valence-electron chi connectivity index (χ0n) is 11.6. The first-order chi connectivity index (χ1) is 9.38. The standard InChI is InChI=1S/C17H24N2/c1-3-14(15-5-6-15)4-2-13(1)11-19-10-8-17-16(12-19)7-9-18-17/h1-4,15-18H,5-12H2. The van der Waals surface area contributed by atoms with Crippen molar-refractivity contribution in [3.8, 4) is 0 Å². The second kappa shape index (κ2) is 4.92. The van der Waals surface area contributed by atoms with Gasteiger partial charge in [-0.2, -0.15) is 0 Å². The Morgan fingerprint density at radius 2 is 1.89 bits per heavy atom. The quantitative estimate of drug-likeness (QED) is 0.894. The smallest absolute Gasteiger partial charge is 0.0233 e. The van der Waals surface area contributed by atoms with Crippen molar-refractivity contribution in [3.05, 3.63) is 35.4 Å². The van der Waals surface area contributed by atoms with E-state index in [0.717, 1.165) is 24.4 Å². The van der Waals surface area contributed by atoms with Gasteiger partial charge in [-0.15, -0.1) is 0 Å². The van der Waals surface area contributed by atoms with Crippen LogP contribution in [0.4, 0.5) is 0 Å². The van der Waals surface area contributed by atoms with Gasteiger partial charge in [-0.05, 0) is 61.7 Å². The van der Waals surface area contributed by atoms with E-state index in [4.69, 9.17) is 0 Å². The number of piperidine rings is 1. The van der Waals surface area contributed by atoms with Crippen LogP contribution in [0.25, 0.3) is 0 Å². The molecular formula is C17H24N2. The number of nitrogens with zero attached hydrogens (tertiary/aromatic N) is 1. The maximum absolute atomic E-state index is 3.64. The summed E-state index contributed by atoms with van der Waals surface area (Å²) in [6.45, 7) is 4.94. The average molecular weight is 256 g/mol. The van der Waals surface area contributed by atoms with Crippen molar-refractivity contribution in [3.63, 3.8) is 0 Å². The predicted octanol–water partition coefficient (Wildman–Crippen LogP) is 2.75. The van der Waals surface area contributed by atoms with E-state index in [1.807, 2.05) is 0 Å². The molecule has 2 heteroatoms. The molecule has 1 aromatic carbocycles. The van der Waals surface area contributed by atoms with E-state index in [1.165, 1.54) is 50.9 Å². The summed E-state index contributed by atoms with van der Waals surface area (Å²) in [6.07, 6.45) is 5.52. The van der Waals surface area contributed by atoms with E-state index in [1.54, 1.807) is 5.56 Å². The Bertz CT molecular complexity index is 435. The second-order valence-corrected chi connectivity index (χ2v) is 6.65. The molecule has 1 aromatic rings. The van der Waals surface area contributed by atoms with Crippen molar-refractivity contribution in [2.24, 2.45) is 5.92 Å². The highest BCUT2D eigenvalue weighted by atomic mass is 15.2. The molecule has 19 heavy (non-hydrogen) atoms. The lowest BCUT2D eigenvalue weighted by atomic mass is 9.93. The molecule has 1 aliphatic carbocycles. The predicted molar refractivity (Wildman–Crippen MR) is 78.2 cm³/mol.